The van der Waals surface area contributed by atoms with Crippen molar-refractivity contribution in [3.63, 3.8) is 0 Å². The highest BCUT2D eigenvalue weighted by atomic mass is 79.9. The highest BCUT2D eigenvalue weighted by molar-refractivity contribution is 9.10. The second kappa shape index (κ2) is 6.64. The van der Waals surface area contributed by atoms with Gasteiger partial charge in [-0.15, -0.1) is 0 Å². The maximum Gasteiger partial charge on any atom is 0.439 e. The Morgan fingerprint density at radius 3 is 2.85 bits per heavy atom. The molecule has 0 saturated heterocycles. The first kappa shape index (κ1) is 16.3. The molecular weight excluding hydrogens is 398 g/mol. The monoisotopic (exact) mass is 411 g/mol. The summed E-state index contributed by atoms with van der Waals surface area (Å²) < 4.78 is 7.51. The molecule has 0 aliphatic carbocycles. The molecule has 0 fully saturated rings. The third-order valence-electron chi connectivity index (χ3n) is 3.76. The molecule has 7 nitrogen and oxygen atoms in total. The van der Waals surface area contributed by atoms with Crippen LogP contribution in [0.15, 0.2) is 68.4 Å². The summed E-state index contributed by atoms with van der Waals surface area (Å²) in [7, 11) is 0. The SMILES string of the molecule is Cc1cnc(Nc2cccc(Br)c2)nc1Nn1c(=O)oc2ccccc21. The van der Waals surface area contributed by atoms with Crippen LogP contribution < -0.4 is 16.5 Å². The third-order valence-corrected chi connectivity index (χ3v) is 4.25. The number of benzene rings is 2. The molecule has 130 valence electrons. The Hall–Kier alpha value is -3.13. The Morgan fingerprint density at radius 2 is 2.00 bits per heavy atom. The van der Waals surface area contributed by atoms with E-state index >= 15 is 0 Å². The fourth-order valence-electron chi connectivity index (χ4n) is 2.49. The fraction of sp³-hybridized carbons (Fsp3) is 0.0556. The smallest absolute Gasteiger partial charge is 0.406 e. The zero-order valence-corrected chi connectivity index (χ0v) is 15.3. The summed E-state index contributed by atoms with van der Waals surface area (Å²) in [5, 5.41) is 3.14. The predicted molar refractivity (Wildman–Crippen MR) is 104 cm³/mol. The molecule has 0 amide bonds. The van der Waals surface area contributed by atoms with Crippen molar-refractivity contribution in [2.24, 2.45) is 0 Å². The first-order valence-corrected chi connectivity index (χ1v) is 8.63. The summed E-state index contributed by atoms with van der Waals surface area (Å²) in [5.41, 5.74) is 5.79. The van der Waals surface area contributed by atoms with E-state index in [1.165, 1.54) is 4.68 Å². The predicted octanol–water partition coefficient (Wildman–Crippen LogP) is 4.07. The van der Waals surface area contributed by atoms with E-state index in [-0.39, 0.29) is 0 Å². The number of fused-ring (bicyclic) bond motifs is 1. The van der Waals surface area contributed by atoms with Crippen LogP contribution >= 0.6 is 15.9 Å². The Morgan fingerprint density at radius 1 is 1.15 bits per heavy atom. The van der Waals surface area contributed by atoms with Crippen LogP contribution in [0, 0.1) is 6.92 Å². The molecule has 0 aliphatic heterocycles. The van der Waals surface area contributed by atoms with Crippen LogP contribution in [0.3, 0.4) is 0 Å². The summed E-state index contributed by atoms with van der Waals surface area (Å²) in [6.45, 7) is 1.86. The van der Waals surface area contributed by atoms with Crippen molar-refractivity contribution in [2.45, 2.75) is 6.92 Å². The number of aryl methyl sites for hydroxylation is 1. The van der Waals surface area contributed by atoms with Gasteiger partial charge in [0.25, 0.3) is 0 Å². The maximum atomic E-state index is 12.1. The molecule has 0 unspecified atom stereocenters. The second-order valence-electron chi connectivity index (χ2n) is 5.64. The van der Waals surface area contributed by atoms with E-state index < -0.39 is 5.76 Å². The molecule has 2 aromatic heterocycles. The van der Waals surface area contributed by atoms with Gasteiger partial charge in [0.15, 0.2) is 11.4 Å². The average Bonchev–Trinajstić information content (AvgIpc) is 2.93. The Kier molecular flexibility index (Phi) is 4.18. The van der Waals surface area contributed by atoms with Gasteiger partial charge in [0.1, 0.15) is 5.52 Å². The van der Waals surface area contributed by atoms with Gasteiger partial charge in [-0.05, 0) is 37.3 Å². The molecule has 4 aromatic rings. The molecule has 2 aromatic carbocycles. The number of halogens is 1. The molecule has 0 spiro atoms. The maximum absolute atomic E-state index is 12.1. The molecule has 4 rings (SSSR count). The number of oxazole rings is 1. The lowest BCUT2D eigenvalue weighted by Crippen LogP contribution is -2.23. The van der Waals surface area contributed by atoms with E-state index in [9.17, 15) is 4.79 Å². The molecular formula is C18H14BrN5O2. The highest BCUT2D eigenvalue weighted by Crippen LogP contribution is 2.21. The molecule has 2 N–H and O–H groups in total. The lowest BCUT2D eigenvalue weighted by Gasteiger charge is -2.11. The number of nitrogens with zero attached hydrogens (tertiary/aromatic N) is 3. The number of hydrogen-bond acceptors (Lipinski definition) is 6. The van der Waals surface area contributed by atoms with Crippen molar-refractivity contribution in [1.29, 1.82) is 0 Å². The highest BCUT2D eigenvalue weighted by Gasteiger charge is 2.11. The summed E-state index contributed by atoms with van der Waals surface area (Å²) >= 11 is 3.43. The van der Waals surface area contributed by atoms with Crippen LogP contribution in [0.2, 0.25) is 0 Å². The molecule has 2 heterocycles. The fourth-order valence-corrected chi connectivity index (χ4v) is 2.89. The van der Waals surface area contributed by atoms with Gasteiger partial charge in [0.2, 0.25) is 5.95 Å². The van der Waals surface area contributed by atoms with E-state index in [0.717, 1.165) is 15.7 Å². The zero-order valence-electron chi connectivity index (χ0n) is 13.7. The van der Waals surface area contributed by atoms with Crippen molar-refractivity contribution in [2.75, 3.05) is 10.7 Å². The van der Waals surface area contributed by atoms with Gasteiger partial charge >= 0.3 is 5.76 Å². The molecule has 0 saturated carbocycles. The molecule has 8 heteroatoms. The van der Waals surface area contributed by atoms with Gasteiger partial charge < -0.3 is 9.73 Å². The number of anilines is 3. The van der Waals surface area contributed by atoms with Crippen LogP contribution in [0.5, 0.6) is 0 Å². The van der Waals surface area contributed by atoms with Gasteiger partial charge in [0.05, 0.1) is 0 Å². The topological polar surface area (TPSA) is 85.0 Å². The van der Waals surface area contributed by atoms with E-state index in [0.29, 0.717) is 22.9 Å². The van der Waals surface area contributed by atoms with Crippen molar-refractivity contribution in [1.82, 2.24) is 14.6 Å². The molecule has 0 radical (unpaired) electrons. The number of hydrogen-bond donors (Lipinski definition) is 2. The minimum absolute atomic E-state index is 0.414. The van der Waals surface area contributed by atoms with Gasteiger partial charge in [-0.1, -0.05) is 34.1 Å². The normalized spacial score (nSPS) is 10.8. The lowest BCUT2D eigenvalue weighted by atomic mass is 10.3. The van der Waals surface area contributed by atoms with Crippen molar-refractivity contribution >= 4 is 44.5 Å². The van der Waals surface area contributed by atoms with Gasteiger partial charge in [-0.2, -0.15) is 9.66 Å². The minimum Gasteiger partial charge on any atom is -0.406 e. The second-order valence-corrected chi connectivity index (χ2v) is 6.56. The van der Waals surface area contributed by atoms with Crippen LogP contribution in [-0.2, 0) is 0 Å². The summed E-state index contributed by atoms with van der Waals surface area (Å²) in [5.74, 6) is 0.411. The molecule has 0 aliphatic rings. The van der Waals surface area contributed by atoms with E-state index in [1.54, 1.807) is 18.3 Å². The standard InChI is InChI=1S/C18H14BrN5O2/c1-11-10-20-17(21-13-6-4-5-12(19)9-13)22-16(11)23-24-14-7-2-3-8-15(14)26-18(24)25/h2-10H,1H3,(H2,20,21,22,23). The van der Waals surface area contributed by atoms with Crippen LogP contribution in [0.4, 0.5) is 17.5 Å². The van der Waals surface area contributed by atoms with E-state index in [2.05, 4.69) is 36.6 Å². The largest absolute Gasteiger partial charge is 0.439 e. The molecule has 26 heavy (non-hydrogen) atoms. The van der Waals surface area contributed by atoms with E-state index in [4.69, 9.17) is 4.42 Å². The molecule has 0 bridgehead atoms. The Bertz CT molecular complexity index is 1150. The third kappa shape index (κ3) is 3.18. The van der Waals surface area contributed by atoms with Crippen molar-refractivity contribution in [3.8, 4) is 0 Å². The average molecular weight is 412 g/mol. The zero-order chi connectivity index (χ0) is 18.1. The number of aromatic nitrogens is 3. The van der Waals surface area contributed by atoms with Crippen LogP contribution in [0.1, 0.15) is 5.56 Å². The van der Waals surface area contributed by atoms with Crippen molar-refractivity contribution in [3.05, 3.63) is 75.3 Å². The summed E-state index contributed by atoms with van der Waals surface area (Å²) in [6.07, 6.45) is 1.68. The first-order valence-electron chi connectivity index (χ1n) is 7.84. The minimum atomic E-state index is -0.509. The summed E-state index contributed by atoms with van der Waals surface area (Å²) in [6, 6.07) is 14.9. The van der Waals surface area contributed by atoms with Crippen LogP contribution in [-0.4, -0.2) is 14.6 Å². The van der Waals surface area contributed by atoms with Crippen LogP contribution in [0.25, 0.3) is 11.1 Å². The first-order chi connectivity index (χ1) is 12.6. The van der Waals surface area contributed by atoms with Gasteiger partial charge in [0, 0.05) is 21.9 Å². The van der Waals surface area contributed by atoms with Gasteiger partial charge in [-0.3, -0.25) is 5.43 Å². The van der Waals surface area contributed by atoms with Crippen molar-refractivity contribution < 1.29 is 4.42 Å². The quantitative estimate of drug-likeness (QED) is 0.526. The lowest BCUT2D eigenvalue weighted by molar-refractivity contribution is 0.532. The number of para-hydroxylation sites is 2. The van der Waals surface area contributed by atoms with Gasteiger partial charge in [-0.25, -0.2) is 9.78 Å². The Balaban J connectivity index is 1.68. The number of rotatable bonds is 4. The molecule has 0 atom stereocenters. The van der Waals surface area contributed by atoms with E-state index in [1.807, 2.05) is 43.3 Å². The number of nitrogens with one attached hydrogen (secondary N) is 2. The Labute approximate surface area is 156 Å². The summed E-state index contributed by atoms with van der Waals surface area (Å²) in [4.78, 5) is 20.9.